The van der Waals surface area contributed by atoms with Gasteiger partial charge in [-0.3, -0.25) is 0 Å². The van der Waals surface area contributed by atoms with Gasteiger partial charge in [0.2, 0.25) is 0 Å². The van der Waals surface area contributed by atoms with Gasteiger partial charge in [-0.05, 0) is 37.4 Å². The first-order valence-electron chi connectivity index (χ1n) is 6.22. The van der Waals surface area contributed by atoms with Crippen molar-refractivity contribution in [1.29, 1.82) is 0 Å². The molecule has 0 amide bonds. The van der Waals surface area contributed by atoms with Crippen molar-refractivity contribution in [2.24, 2.45) is 0 Å². The normalized spacial score (nSPS) is 17.5. The Hall–Kier alpha value is -1.35. The third-order valence-corrected chi connectivity index (χ3v) is 3.48. The Morgan fingerprint density at radius 1 is 1.29 bits per heavy atom. The fourth-order valence-corrected chi connectivity index (χ4v) is 2.19. The molecule has 17 heavy (non-hydrogen) atoms. The molecule has 0 unspecified atom stereocenters. The van der Waals surface area contributed by atoms with Crippen molar-refractivity contribution in [3.05, 3.63) is 36.0 Å². The molecule has 1 aliphatic carbocycles. The molecular formula is C14H17FN2. The van der Waals surface area contributed by atoms with E-state index in [4.69, 9.17) is 0 Å². The molecule has 1 aromatic heterocycles. The summed E-state index contributed by atoms with van der Waals surface area (Å²) in [6.45, 7) is 1.35. The van der Waals surface area contributed by atoms with Crippen molar-refractivity contribution in [2.75, 3.05) is 13.1 Å². The predicted molar refractivity (Wildman–Crippen MR) is 67.9 cm³/mol. The number of benzene rings is 1. The summed E-state index contributed by atoms with van der Waals surface area (Å²) in [7, 11) is 0. The average Bonchev–Trinajstić information content (AvgIpc) is 2.94. The van der Waals surface area contributed by atoms with Crippen LogP contribution in [-0.2, 0) is 6.42 Å². The van der Waals surface area contributed by atoms with Crippen LogP contribution in [0.25, 0.3) is 10.9 Å². The molecule has 2 N–H and O–H groups in total. The van der Waals surface area contributed by atoms with Crippen LogP contribution in [0.3, 0.4) is 0 Å². The van der Waals surface area contributed by atoms with Gasteiger partial charge in [0, 0.05) is 23.6 Å². The largest absolute Gasteiger partial charge is 0.361 e. The lowest BCUT2D eigenvalue weighted by molar-refractivity contribution is 0.296. The van der Waals surface area contributed by atoms with Crippen LogP contribution in [0.1, 0.15) is 18.4 Å². The van der Waals surface area contributed by atoms with E-state index in [1.807, 2.05) is 12.1 Å². The number of fused-ring (bicyclic) bond motifs is 1. The number of halogens is 1. The minimum absolute atomic E-state index is 0.509. The van der Waals surface area contributed by atoms with Gasteiger partial charge in [-0.2, -0.15) is 0 Å². The maximum atomic E-state index is 13.4. The van der Waals surface area contributed by atoms with Gasteiger partial charge in [0.1, 0.15) is 5.67 Å². The Kier molecular flexibility index (Phi) is 2.63. The maximum Gasteiger partial charge on any atom is 0.123 e. The summed E-state index contributed by atoms with van der Waals surface area (Å²) in [5, 5.41) is 4.48. The molecule has 3 heteroatoms. The zero-order valence-corrected chi connectivity index (χ0v) is 9.80. The van der Waals surface area contributed by atoms with Crippen LogP contribution < -0.4 is 5.32 Å². The van der Waals surface area contributed by atoms with Crippen molar-refractivity contribution in [1.82, 2.24) is 10.3 Å². The van der Waals surface area contributed by atoms with Crippen molar-refractivity contribution in [2.45, 2.75) is 24.9 Å². The Morgan fingerprint density at radius 3 is 2.94 bits per heavy atom. The van der Waals surface area contributed by atoms with Crippen LogP contribution in [0, 0.1) is 0 Å². The Morgan fingerprint density at radius 2 is 2.12 bits per heavy atom. The fourth-order valence-electron chi connectivity index (χ4n) is 2.19. The maximum absolute atomic E-state index is 13.4. The summed E-state index contributed by atoms with van der Waals surface area (Å²) >= 11 is 0. The van der Waals surface area contributed by atoms with E-state index in [1.165, 1.54) is 16.5 Å². The van der Waals surface area contributed by atoms with Gasteiger partial charge in [-0.15, -0.1) is 0 Å². The molecule has 0 radical (unpaired) electrons. The molecule has 2 aromatic rings. The number of para-hydroxylation sites is 1. The van der Waals surface area contributed by atoms with E-state index in [9.17, 15) is 4.39 Å². The second-order valence-corrected chi connectivity index (χ2v) is 4.94. The number of alkyl halides is 1. The predicted octanol–water partition coefficient (Wildman–Crippen LogP) is 2.80. The number of aromatic nitrogens is 1. The van der Waals surface area contributed by atoms with Crippen LogP contribution in [0.4, 0.5) is 4.39 Å². The lowest BCUT2D eigenvalue weighted by Gasteiger charge is -2.06. The molecule has 2 nitrogen and oxygen atoms in total. The SMILES string of the molecule is FC1(CNCCc2c[nH]c3ccccc23)CC1. The second-order valence-electron chi connectivity index (χ2n) is 4.94. The van der Waals surface area contributed by atoms with Crippen LogP contribution in [-0.4, -0.2) is 23.7 Å². The van der Waals surface area contributed by atoms with Gasteiger partial charge >= 0.3 is 0 Å². The third-order valence-electron chi connectivity index (χ3n) is 3.48. The van der Waals surface area contributed by atoms with Crippen LogP contribution >= 0.6 is 0 Å². The zero-order valence-electron chi connectivity index (χ0n) is 9.80. The van der Waals surface area contributed by atoms with Gasteiger partial charge in [-0.25, -0.2) is 4.39 Å². The number of nitrogens with one attached hydrogen (secondary N) is 2. The Labute approximate surface area is 100 Å². The van der Waals surface area contributed by atoms with Crippen molar-refractivity contribution < 1.29 is 4.39 Å². The quantitative estimate of drug-likeness (QED) is 0.762. The van der Waals surface area contributed by atoms with Gasteiger partial charge < -0.3 is 10.3 Å². The van der Waals surface area contributed by atoms with Crippen molar-refractivity contribution in [3.8, 4) is 0 Å². The molecule has 1 heterocycles. The summed E-state index contributed by atoms with van der Waals surface area (Å²) in [5.74, 6) is 0. The molecule has 0 saturated heterocycles. The summed E-state index contributed by atoms with van der Waals surface area (Å²) < 4.78 is 13.4. The first-order valence-corrected chi connectivity index (χ1v) is 6.22. The van der Waals surface area contributed by atoms with E-state index in [2.05, 4.69) is 28.6 Å². The first kappa shape index (κ1) is 10.8. The van der Waals surface area contributed by atoms with Gasteiger partial charge in [0.25, 0.3) is 0 Å². The Balaban J connectivity index is 1.57. The van der Waals surface area contributed by atoms with Gasteiger partial charge in [-0.1, -0.05) is 18.2 Å². The lowest BCUT2D eigenvalue weighted by atomic mass is 10.1. The molecule has 0 spiro atoms. The summed E-state index contributed by atoms with van der Waals surface area (Å²) in [5.41, 5.74) is 1.59. The van der Waals surface area contributed by atoms with E-state index in [0.29, 0.717) is 6.54 Å². The second kappa shape index (κ2) is 4.15. The highest BCUT2D eigenvalue weighted by Gasteiger charge is 2.42. The molecule has 0 atom stereocenters. The monoisotopic (exact) mass is 232 g/mol. The summed E-state index contributed by atoms with van der Waals surface area (Å²) in [4.78, 5) is 3.26. The molecule has 1 saturated carbocycles. The fraction of sp³-hybridized carbons (Fsp3) is 0.429. The highest BCUT2D eigenvalue weighted by molar-refractivity contribution is 5.83. The minimum atomic E-state index is -0.889. The molecule has 0 bridgehead atoms. The molecule has 1 aliphatic rings. The van der Waals surface area contributed by atoms with E-state index in [1.54, 1.807) is 0 Å². The summed E-state index contributed by atoms with van der Waals surface area (Å²) in [6, 6.07) is 8.28. The van der Waals surface area contributed by atoms with Gasteiger partial charge in [0.05, 0.1) is 0 Å². The molecule has 3 rings (SSSR count). The Bertz CT molecular complexity index is 514. The standard InChI is InChI=1S/C14H17FN2/c15-14(6-7-14)10-16-8-5-11-9-17-13-4-2-1-3-12(11)13/h1-4,9,16-17H,5-8,10H2. The van der Waals surface area contributed by atoms with Gasteiger partial charge in [0.15, 0.2) is 0 Å². The number of rotatable bonds is 5. The molecule has 1 fully saturated rings. The average molecular weight is 232 g/mol. The zero-order chi connectivity index (χ0) is 11.7. The molecule has 1 aromatic carbocycles. The van der Waals surface area contributed by atoms with E-state index >= 15 is 0 Å². The van der Waals surface area contributed by atoms with Crippen LogP contribution in [0.15, 0.2) is 30.5 Å². The molecular weight excluding hydrogens is 215 g/mol. The first-order chi connectivity index (χ1) is 8.27. The minimum Gasteiger partial charge on any atom is -0.361 e. The highest BCUT2D eigenvalue weighted by Crippen LogP contribution is 2.38. The number of hydrogen-bond acceptors (Lipinski definition) is 1. The topological polar surface area (TPSA) is 27.8 Å². The highest BCUT2D eigenvalue weighted by atomic mass is 19.1. The molecule has 0 aliphatic heterocycles. The number of aromatic amines is 1. The van der Waals surface area contributed by atoms with Crippen molar-refractivity contribution >= 4 is 10.9 Å². The number of H-pyrrole nitrogens is 1. The van der Waals surface area contributed by atoms with E-state index in [0.717, 1.165) is 25.8 Å². The van der Waals surface area contributed by atoms with Crippen LogP contribution in [0.5, 0.6) is 0 Å². The number of hydrogen-bond donors (Lipinski definition) is 2. The summed E-state index contributed by atoms with van der Waals surface area (Å²) in [6.07, 6.45) is 4.45. The smallest absolute Gasteiger partial charge is 0.123 e. The van der Waals surface area contributed by atoms with E-state index in [-0.39, 0.29) is 0 Å². The lowest BCUT2D eigenvalue weighted by Crippen LogP contribution is -2.26. The van der Waals surface area contributed by atoms with E-state index < -0.39 is 5.67 Å². The van der Waals surface area contributed by atoms with Crippen molar-refractivity contribution in [3.63, 3.8) is 0 Å². The third kappa shape index (κ3) is 2.34. The van der Waals surface area contributed by atoms with Crippen LogP contribution in [0.2, 0.25) is 0 Å². The molecule has 90 valence electrons.